The van der Waals surface area contributed by atoms with Crippen LogP contribution in [-0.2, 0) is 0 Å². The highest BCUT2D eigenvalue weighted by Crippen LogP contribution is 2.38. The van der Waals surface area contributed by atoms with Gasteiger partial charge in [0.15, 0.2) is 5.43 Å². The van der Waals surface area contributed by atoms with Gasteiger partial charge in [0.2, 0.25) is 5.76 Å². The van der Waals surface area contributed by atoms with Gasteiger partial charge in [0.25, 0.3) is 5.91 Å². The van der Waals surface area contributed by atoms with Crippen LogP contribution in [0.25, 0.3) is 11.0 Å². The molecule has 0 saturated carbocycles. The van der Waals surface area contributed by atoms with Gasteiger partial charge < -0.3 is 19.0 Å². The van der Waals surface area contributed by atoms with Crippen LogP contribution in [0.2, 0.25) is 0 Å². The number of hydrogen-bond donors (Lipinski definition) is 0. The SMILES string of the molecule is CCCOc1ccc(C2c3c(oc4ccc(Br)cc4c3=O)C(=O)N2CCN(C)C)cc1. The molecular formula is C24H25BrN2O4. The molecule has 31 heavy (non-hydrogen) atoms. The number of carbonyl (C=O) groups is 1. The van der Waals surface area contributed by atoms with Crippen molar-refractivity contribution in [3.8, 4) is 5.75 Å². The number of amides is 1. The van der Waals surface area contributed by atoms with E-state index >= 15 is 0 Å². The van der Waals surface area contributed by atoms with E-state index in [2.05, 4.69) is 22.9 Å². The molecule has 1 aliphatic heterocycles. The summed E-state index contributed by atoms with van der Waals surface area (Å²) in [7, 11) is 3.91. The van der Waals surface area contributed by atoms with E-state index in [0.717, 1.165) is 22.2 Å². The molecule has 1 aromatic heterocycles. The molecule has 1 amide bonds. The van der Waals surface area contributed by atoms with Crippen molar-refractivity contribution >= 4 is 32.8 Å². The molecule has 0 fully saturated rings. The van der Waals surface area contributed by atoms with Gasteiger partial charge in [-0.3, -0.25) is 9.59 Å². The summed E-state index contributed by atoms with van der Waals surface area (Å²) in [5.74, 6) is 0.648. The fraction of sp³-hybridized carbons (Fsp3) is 0.333. The smallest absolute Gasteiger partial charge is 0.290 e. The van der Waals surface area contributed by atoms with Crippen LogP contribution < -0.4 is 10.2 Å². The third-order valence-corrected chi connectivity index (χ3v) is 5.88. The Kier molecular flexibility index (Phi) is 6.16. The molecule has 3 aromatic rings. The first-order valence-electron chi connectivity index (χ1n) is 10.4. The second kappa shape index (κ2) is 8.85. The van der Waals surface area contributed by atoms with E-state index in [-0.39, 0.29) is 17.1 Å². The number of ether oxygens (including phenoxy) is 1. The van der Waals surface area contributed by atoms with Gasteiger partial charge in [-0.1, -0.05) is 35.0 Å². The minimum atomic E-state index is -0.498. The fourth-order valence-electron chi connectivity index (χ4n) is 3.84. The van der Waals surface area contributed by atoms with Crippen molar-refractivity contribution in [3.05, 3.63) is 74.0 Å². The highest BCUT2D eigenvalue weighted by Gasteiger charge is 2.42. The Morgan fingerprint density at radius 1 is 1.13 bits per heavy atom. The van der Waals surface area contributed by atoms with E-state index < -0.39 is 6.04 Å². The summed E-state index contributed by atoms with van der Waals surface area (Å²) < 4.78 is 12.4. The summed E-state index contributed by atoms with van der Waals surface area (Å²) in [5, 5.41) is 0.461. The van der Waals surface area contributed by atoms with Crippen LogP contribution in [0.3, 0.4) is 0 Å². The van der Waals surface area contributed by atoms with Gasteiger partial charge in [-0.2, -0.15) is 0 Å². The van der Waals surface area contributed by atoms with Crippen LogP contribution in [0.5, 0.6) is 5.75 Å². The molecule has 6 nitrogen and oxygen atoms in total. The molecule has 0 radical (unpaired) electrons. The Labute approximate surface area is 189 Å². The zero-order valence-electron chi connectivity index (χ0n) is 17.9. The monoisotopic (exact) mass is 484 g/mol. The summed E-state index contributed by atoms with van der Waals surface area (Å²) in [4.78, 5) is 30.5. The standard InChI is InChI=1S/C24H25BrN2O4/c1-4-13-30-17-8-5-15(6-9-17)21-20-22(28)18-14-16(25)7-10-19(18)31-23(20)24(29)27(21)12-11-26(2)3/h5-10,14,21H,4,11-13H2,1-3H3. The first-order chi connectivity index (χ1) is 14.9. The Hall–Kier alpha value is -2.64. The third kappa shape index (κ3) is 4.12. The molecule has 4 rings (SSSR count). The topological polar surface area (TPSA) is 63.0 Å². The fourth-order valence-corrected chi connectivity index (χ4v) is 4.20. The van der Waals surface area contributed by atoms with Crippen molar-refractivity contribution in [2.75, 3.05) is 33.8 Å². The maximum absolute atomic E-state index is 13.5. The molecule has 0 spiro atoms. The lowest BCUT2D eigenvalue weighted by molar-refractivity contribution is 0.0716. The van der Waals surface area contributed by atoms with Crippen LogP contribution in [0.1, 0.15) is 41.1 Å². The molecule has 0 saturated heterocycles. The van der Waals surface area contributed by atoms with Crippen molar-refractivity contribution in [2.24, 2.45) is 0 Å². The minimum Gasteiger partial charge on any atom is -0.494 e. The lowest BCUT2D eigenvalue weighted by Gasteiger charge is -2.26. The molecule has 1 aliphatic rings. The summed E-state index contributed by atoms with van der Waals surface area (Å²) >= 11 is 3.42. The van der Waals surface area contributed by atoms with Gasteiger partial charge >= 0.3 is 0 Å². The molecule has 0 N–H and O–H groups in total. The van der Waals surface area contributed by atoms with Gasteiger partial charge in [0, 0.05) is 17.6 Å². The third-order valence-electron chi connectivity index (χ3n) is 5.38. The average molecular weight is 485 g/mol. The number of halogens is 1. The highest BCUT2D eigenvalue weighted by atomic mass is 79.9. The van der Waals surface area contributed by atoms with Crippen molar-refractivity contribution in [1.29, 1.82) is 0 Å². The average Bonchev–Trinajstić information content (AvgIpc) is 3.03. The Morgan fingerprint density at radius 2 is 1.87 bits per heavy atom. The molecule has 2 aromatic carbocycles. The van der Waals surface area contributed by atoms with Crippen LogP contribution in [0.15, 0.2) is 56.1 Å². The highest BCUT2D eigenvalue weighted by molar-refractivity contribution is 9.10. The second-order valence-corrected chi connectivity index (χ2v) is 8.85. The predicted octanol–water partition coefficient (Wildman–Crippen LogP) is 4.45. The van der Waals surface area contributed by atoms with E-state index in [1.807, 2.05) is 43.3 Å². The van der Waals surface area contributed by atoms with E-state index in [9.17, 15) is 9.59 Å². The van der Waals surface area contributed by atoms with Gasteiger partial charge in [0.1, 0.15) is 11.3 Å². The number of rotatable bonds is 7. The maximum atomic E-state index is 13.5. The van der Waals surface area contributed by atoms with Gasteiger partial charge in [-0.15, -0.1) is 0 Å². The van der Waals surface area contributed by atoms with Gasteiger partial charge in [-0.25, -0.2) is 0 Å². The van der Waals surface area contributed by atoms with Crippen molar-refractivity contribution in [3.63, 3.8) is 0 Å². The largest absolute Gasteiger partial charge is 0.494 e. The molecule has 1 unspecified atom stereocenters. The number of nitrogens with zero attached hydrogens (tertiary/aromatic N) is 2. The Balaban J connectivity index is 1.84. The van der Waals surface area contributed by atoms with Crippen molar-refractivity contribution in [1.82, 2.24) is 9.80 Å². The number of fused-ring (bicyclic) bond motifs is 2. The molecule has 1 atom stereocenters. The Morgan fingerprint density at radius 3 is 2.55 bits per heavy atom. The molecule has 0 bridgehead atoms. The van der Waals surface area contributed by atoms with E-state index in [0.29, 0.717) is 36.2 Å². The van der Waals surface area contributed by atoms with Crippen LogP contribution in [0, 0.1) is 0 Å². The predicted molar refractivity (Wildman–Crippen MR) is 124 cm³/mol. The summed E-state index contributed by atoms with van der Waals surface area (Å²) in [6.45, 7) is 3.85. The summed E-state index contributed by atoms with van der Waals surface area (Å²) in [6, 6.07) is 12.4. The number of carbonyl (C=O) groups excluding carboxylic acids is 1. The van der Waals surface area contributed by atoms with Crippen LogP contribution >= 0.6 is 15.9 Å². The van der Waals surface area contributed by atoms with Crippen molar-refractivity contribution < 1.29 is 13.9 Å². The zero-order valence-corrected chi connectivity index (χ0v) is 19.4. The molecular weight excluding hydrogens is 460 g/mol. The minimum absolute atomic E-state index is 0.134. The molecule has 162 valence electrons. The number of likely N-dealkylation sites (N-methyl/N-ethyl adjacent to an activating group) is 1. The normalized spacial score (nSPS) is 15.7. The molecule has 2 heterocycles. The first kappa shape index (κ1) is 21.6. The quantitative estimate of drug-likeness (QED) is 0.495. The van der Waals surface area contributed by atoms with E-state index in [1.54, 1.807) is 23.1 Å². The summed E-state index contributed by atoms with van der Waals surface area (Å²) in [5.41, 5.74) is 1.50. The lowest BCUT2D eigenvalue weighted by Crippen LogP contribution is -2.35. The van der Waals surface area contributed by atoms with E-state index in [1.165, 1.54) is 0 Å². The first-order valence-corrected chi connectivity index (χ1v) is 11.1. The van der Waals surface area contributed by atoms with Crippen LogP contribution in [-0.4, -0.2) is 49.5 Å². The maximum Gasteiger partial charge on any atom is 0.290 e. The zero-order chi connectivity index (χ0) is 22.1. The van der Waals surface area contributed by atoms with Gasteiger partial charge in [0.05, 0.1) is 23.6 Å². The second-order valence-electron chi connectivity index (χ2n) is 7.94. The van der Waals surface area contributed by atoms with Crippen LogP contribution in [0.4, 0.5) is 0 Å². The van der Waals surface area contributed by atoms with E-state index in [4.69, 9.17) is 9.15 Å². The molecule has 0 aliphatic carbocycles. The molecule has 7 heteroatoms. The van der Waals surface area contributed by atoms with Gasteiger partial charge in [-0.05, 0) is 56.4 Å². The number of benzene rings is 2. The number of hydrogen-bond acceptors (Lipinski definition) is 5. The lowest BCUT2D eigenvalue weighted by atomic mass is 9.98. The van der Waals surface area contributed by atoms with Crippen molar-refractivity contribution in [2.45, 2.75) is 19.4 Å². The summed E-state index contributed by atoms with van der Waals surface area (Å²) in [6.07, 6.45) is 0.925. The Bertz CT molecular complexity index is 1170.